The third-order valence-electron chi connectivity index (χ3n) is 9.92. The van der Waals surface area contributed by atoms with Gasteiger partial charge in [0, 0.05) is 5.92 Å². The summed E-state index contributed by atoms with van der Waals surface area (Å²) >= 11 is 0. The maximum absolute atomic E-state index is 13.0. The molecule has 0 spiro atoms. The Morgan fingerprint density at radius 2 is 1.73 bits per heavy atom. The maximum atomic E-state index is 13.0. The second-order valence-electron chi connectivity index (χ2n) is 11.6. The van der Waals surface area contributed by atoms with Gasteiger partial charge in [-0.15, -0.1) is 0 Å². The van der Waals surface area contributed by atoms with Crippen LogP contribution in [0.1, 0.15) is 64.4 Å². The zero-order valence-electron chi connectivity index (χ0n) is 20.0. The molecule has 4 aliphatic carbocycles. The smallest absolute Gasteiger partial charge is 0.296 e. The van der Waals surface area contributed by atoms with Crippen molar-refractivity contribution in [1.82, 2.24) is 0 Å². The van der Waals surface area contributed by atoms with Crippen molar-refractivity contribution in [3.05, 3.63) is 41.5 Å². The van der Waals surface area contributed by atoms with E-state index in [0.29, 0.717) is 18.3 Å². The van der Waals surface area contributed by atoms with E-state index < -0.39 is 10.1 Å². The van der Waals surface area contributed by atoms with Gasteiger partial charge in [-0.25, -0.2) is 0 Å². The first-order chi connectivity index (χ1) is 15.5. The summed E-state index contributed by atoms with van der Waals surface area (Å²) in [4.78, 5) is 0.191. The molecule has 33 heavy (non-hydrogen) atoms. The van der Waals surface area contributed by atoms with E-state index in [4.69, 9.17) is 4.18 Å². The Morgan fingerprint density at radius 3 is 2.45 bits per heavy atom. The van der Waals surface area contributed by atoms with Crippen LogP contribution in [0.3, 0.4) is 0 Å². The summed E-state index contributed by atoms with van der Waals surface area (Å²) in [6.45, 7) is 6.64. The first kappa shape index (κ1) is 23.5. The van der Waals surface area contributed by atoms with E-state index in [1.165, 1.54) is 5.57 Å². The van der Waals surface area contributed by atoms with Gasteiger partial charge in [-0.2, -0.15) is 8.42 Å². The maximum Gasteiger partial charge on any atom is 0.296 e. The fraction of sp³-hybridized carbons (Fsp3) is 0.704. The number of fused-ring (bicyclic) bond motifs is 5. The lowest BCUT2D eigenvalue weighted by molar-refractivity contribution is -0.0914. The fourth-order valence-electron chi connectivity index (χ4n) is 7.88. The zero-order valence-corrected chi connectivity index (χ0v) is 20.9. The quantitative estimate of drug-likeness (QED) is 0.492. The van der Waals surface area contributed by atoms with Crippen molar-refractivity contribution in [2.75, 3.05) is 6.61 Å². The minimum Gasteiger partial charge on any atom is -0.393 e. The molecule has 0 bridgehead atoms. The summed E-state index contributed by atoms with van der Waals surface area (Å²) in [5.74, 6) is 1.06. The van der Waals surface area contributed by atoms with E-state index in [0.717, 1.165) is 44.1 Å². The number of aliphatic hydroxyl groups is 2. The molecule has 1 aromatic rings. The minimum atomic E-state index is -3.85. The number of aryl methyl sites for hydroxylation is 1. The first-order valence-electron chi connectivity index (χ1n) is 12.6. The van der Waals surface area contributed by atoms with Gasteiger partial charge in [-0.3, -0.25) is 4.18 Å². The summed E-state index contributed by atoms with van der Waals surface area (Å²) in [6, 6.07) is 6.78. The second kappa shape index (κ2) is 8.18. The molecule has 0 amide bonds. The molecule has 4 aliphatic rings. The van der Waals surface area contributed by atoms with Crippen LogP contribution in [-0.4, -0.2) is 37.4 Å². The van der Waals surface area contributed by atoms with E-state index >= 15 is 0 Å². The molecule has 182 valence electrons. The van der Waals surface area contributed by atoms with E-state index in [2.05, 4.69) is 19.9 Å². The van der Waals surface area contributed by atoms with Crippen LogP contribution in [0.15, 0.2) is 40.8 Å². The molecule has 0 aliphatic heterocycles. The Hall–Kier alpha value is -1.21. The number of rotatable bonds is 4. The highest BCUT2D eigenvalue weighted by molar-refractivity contribution is 7.86. The van der Waals surface area contributed by atoms with Gasteiger partial charge in [0.15, 0.2) is 0 Å². The Kier molecular flexibility index (Phi) is 5.83. The van der Waals surface area contributed by atoms with Gasteiger partial charge < -0.3 is 10.2 Å². The summed E-state index contributed by atoms with van der Waals surface area (Å²) in [6.07, 6.45) is 7.99. The second-order valence-corrected chi connectivity index (χ2v) is 13.3. The molecule has 6 heteroatoms. The van der Waals surface area contributed by atoms with Crippen molar-refractivity contribution in [3.63, 3.8) is 0 Å². The molecule has 0 radical (unpaired) electrons. The van der Waals surface area contributed by atoms with Gasteiger partial charge in [0.05, 0.1) is 23.7 Å². The van der Waals surface area contributed by atoms with Crippen LogP contribution in [-0.2, 0) is 14.3 Å². The van der Waals surface area contributed by atoms with Gasteiger partial charge in [0.25, 0.3) is 10.1 Å². The lowest BCUT2D eigenvalue weighted by Crippen LogP contribution is -2.54. The summed E-state index contributed by atoms with van der Waals surface area (Å²) in [5.41, 5.74) is 2.23. The number of aliphatic hydroxyl groups excluding tert-OH is 2. The number of benzene rings is 1. The molecule has 0 heterocycles. The zero-order chi connectivity index (χ0) is 23.6. The molecule has 0 unspecified atom stereocenters. The Morgan fingerprint density at radius 1 is 1.00 bits per heavy atom. The molecular weight excluding hydrogens is 436 g/mol. The monoisotopic (exact) mass is 474 g/mol. The molecule has 3 fully saturated rings. The van der Waals surface area contributed by atoms with Crippen LogP contribution in [0.25, 0.3) is 0 Å². The Labute approximate surface area is 198 Å². The van der Waals surface area contributed by atoms with Crippen LogP contribution in [0.5, 0.6) is 0 Å². The first-order valence-corrected chi connectivity index (χ1v) is 14.0. The van der Waals surface area contributed by atoms with Crippen molar-refractivity contribution >= 4 is 10.1 Å². The lowest BCUT2D eigenvalue weighted by atomic mass is 9.46. The summed E-state index contributed by atoms with van der Waals surface area (Å²) in [7, 11) is -3.85. The molecule has 0 saturated heterocycles. The molecule has 5 rings (SSSR count). The Balaban J connectivity index is 1.48. The number of hydrogen-bond donors (Lipinski definition) is 2. The van der Waals surface area contributed by atoms with E-state index in [9.17, 15) is 18.6 Å². The largest absolute Gasteiger partial charge is 0.393 e. The molecule has 5 nitrogen and oxygen atoms in total. The third-order valence-corrected chi connectivity index (χ3v) is 11.2. The van der Waals surface area contributed by atoms with Crippen LogP contribution >= 0.6 is 0 Å². The molecular formula is C27H38O5S. The van der Waals surface area contributed by atoms with Gasteiger partial charge in [-0.1, -0.05) is 43.2 Å². The van der Waals surface area contributed by atoms with Crippen LogP contribution < -0.4 is 0 Å². The number of hydrogen-bond acceptors (Lipinski definition) is 5. The molecule has 1 aromatic carbocycles. The normalized spacial score (nSPS) is 42.8. The van der Waals surface area contributed by atoms with Crippen LogP contribution in [0.4, 0.5) is 0 Å². The van der Waals surface area contributed by atoms with Gasteiger partial charge in [0.2, 0.25) is 0 Å². The summed E-state index contributed by atoms with van der Waals surface area (Å²) in [5, 5.41) is 21.2. The van der Waals surface area contributed by atoms with Gasteiger partial charge in [-0.05, 0) is 92.6 Å². The van der Waals surface area contributed by atoms with Crippen LogP contribution in [0, 0.1) is 41.4 Å². The van der Waals surface area contributed by atoms with Gasteiger partial charge >= 0.3 is 0 Å². The standard InChI is InChI=1S/C27H38O5S/c1-17-4-6-21(7-5-17)33(30,31)32-16-18-14-19-15-20(28)10-12-26(19,2)23-11-13-27(3)22(25(18)23)8-9-24(27)29/h4-7,14,18,20,22-25,28-29H,8-13,15-16H2,1-3H3/t18-,20+,22+,23+,24+,25+,26+,27+/m1/s1. The van der Waals surface area contributed by atoms with Crippen LogP contribution in [0.2, 0.25) is 0 Å². The van der Waals surface area contributed by atoms with Crippen molar-refractivity contribution in [3.8, 4) is 0 Å². The Bertz CT molecular complexity index is 1030. The van der Waals surface area contributed by atoms with E-state index in [1.54, 1.807) is 24.3 Å². The third kappa shape index (κ3) is 3.81. The minimum absolute atomic E-state index is 0.0291. The van der Waals surface area contributed by atoms with E-state index in [-0.39, 0.29) is 46.4 Å². The molecule has 8 atom stereocenters. The predicted octanol–water partition coefficient (Wildman–Crippen LogP) is 4.61. The topological polar surface area (TPSA) is 83.8 Å². The predicted molar refractivity (Wildman–Crippen MR) is 127 cm³/mol. The van der Waals surface area contributed by atoms with Crippen molar-refractivity contribution in [1.29, 1.82) is 0 Å². The lowest BCUT2D eigenvalue weighted by Gasteiger charge is -2.59. The average Bonchev–Trinajstić information content (AvgIpc) is 3.08. The highest BCUT2D eigenvalue weighted by Crippen LogP contribution is 2.66. The fourth-order valence-corrected chi connectivity index (χ4v) is 8.82. The van der Waals surface area contributed by atoms with E-state index in [1.807, 2.05) is 6.92 Å². The highest BCUT2D eigenvalue weighted by Gasteiger charge is 2.60. The summed E-state index contributed by atoms with van der Waals surface area (Å²) < 4.78 is 31.6. The molecule has 3 saturated carbocycles. The van der Waals surface area contributed by atoms with Crippen molar-refractivity contribution in [2.24, 2.45) is 34.5 Å². The van der Waals surface area contributed by atoms with Crippen molar-refractivity contribution < 1.29 is 22.8 Å². The van der Waals surface area contributed by atoms with Crippen molar-refractivity contribution in [2.45, 2.75) is 82.8 Å². The average molecular weight is 475 g/mol. The highest BCUT2D eigenvalue weighted by atomic mass is 32.2. The molecule has 0 aromatic heterocycles. The van der Waals surface area contributed by atoms with Gasteiger partial charge in [0.1, 0.15) is 0 Å². The SMILES string of the molecule is Cc1ccc(S(=O)(=O)OC[C@H]2C=C3C[C@@H](O)CC[C@]3(C)[C@H]3CC[C@]4(C)[C@@H](O)CC[C@H]4[C@H]23)cc1. The molecule has 2 N–H and O–H groups in total.